The first-order chi connectivity index (χ1) is 7.25. The second kappa shape index (κ2) is 5.31. The van der Waals surface area contributed by atoms with E-state index < -0.39 is 0 Å². The van der Waals surface area contributed by atoms with E-state index in [1.165, 1.54) is 51.7 Å². The molecule has 2 nitrogen and oxygen atoms in total. The van der Waals surface area contributed by atoms with Gasteiger partial charge in [0.1, 0.15) is 0 Å². The van der Waals surface area contributed by atoms with E-state index in [0.29, 0.717) is 5.92 Å². The Balaban J connectivity index is 1.68. The average molecular weight is 211 g/mol. The third-order valence-electron chi connectivity index (χ3n) is 4.18. The van der Waals surface area contributed by atoms with Crippen molar-refractivity contribution in [3.63, 3.8) is 0 Å². The van der Waals surface area contributed by atoms with Crippen LogP contribution in [-0.4, -0.2) is 35.7 Å². The van der Waals surface area contributed by atoms with Gasteiger partial charge < -0.3 is 10.0 Å². The standard InChI is InChI=1S/C13H25NO/c1-11-4-3-8-14(10-11)9-7-12-5-2-6-13(12)15/h11-13,15H,2-10H2,1H3. The van der Waals surface area contributed by atoms with Gasteiger partial charge in [0, 0.05) is 6.54 Å². The summed E-state index contributed by atoms with van der Waals surface area (Å²) in [6.45, 7) is 6.14. The zero-order valence-corrected chi connectivity index (χ0v) is 9.99. The van der Waals surface area contributed by atoms with E-state index >= 15 is 0 Å². The number of rotatable bonds is 3. The predicted molar refractivity (Wildman–Crippen MR) is 62.8 cm³/mol. The van der Waals surface area contributed by atoms with Crippen LogP contribution in [0.3, 0.4) is 0 Å². The minimum atomic E-state index is 0.00668. The van der Waals surface area contributed by atoms with Crippen molar-refractivity contribution in [2.24, 2.45) is 11.8 Å². The number of aliphatic hydroxyl groups is 1. The molecule has 15 heavy (non-hydrogen) atoms. The number of hydrogen-bond donors (Lipinski definition) is 1. The first-order valence-corrected chi connectivity index (χ1v) is 6.66. The van der Waals surface area contributed by atoms with Crippen LogP contribution in [0.15, 0.2) is 0 Å². The van der Waals surface area contributed by atoms with Gasteiger partial charge in [-0.15, -0.1) is 0 Å². The van der Waals surface area contributed by atoms with E-state index in [1.54, 1.807) is 0 Å². The molecule has 0 aromatic carbocycles. The quantitative estimate of drug-likeness (QED) is 0.774. The number of piperidine rings is 1. The van der Waals surface area contributed by atoms with Gasteiger partial charge in [-0.05, 0) is 57.0 Å². The molecular weight excluding hydrogens is 186 g/mol. The van der Waals surface area contributed by atoms with Crippen molar-refractivity contribution in [2.75, 3.05) is 19.6 Å². The molecular formula is C13H25NO. The Morgan fingerprint density at radius 1 is 1.20 bits per heavy atom. The molecule has 1 N–H and O–H groups in total. The molecule has 88 valence electrons. The molecule has 1 saturated carbocycles. The number of likely N-dealkylation sites (tertiary alicyclic amines) is 1. The monoisotopic (exact) mass is 211 g/mol. The normalized spacial score (nSPS) is 38.4. The highest BCUT2D eigenvalue weighted by Gasteiger charge is 2.26. The summed E-state index contributed by atoms with van der Waals surface area (Å²) in [5.74, 6) is 1.48. The fourth-order valence-electron chi connectivity index (χ4n) is 3.19. The Bertz CT molecular complexity index is 195. The van der Waals surface area contributed by atoms with Crippen molar-refractivity contribution in [2.45, 2.75) is 51.6 Å². The summed E-state index contributed by atoms with van der Waals surface area (Å²) in [7, 11) is 0. The van der Waals surface area contributed by atoms with Gasteiger partial charge in [-0.2, -0.15) is 0 Å². The Hall–Kier alpha value is -0.0800. The van der Waals surface area contributed by atoms with Crippen LogP contribution in [0.1, 0.15) is 45.4 Å². The van der Waals surface area contributed by atoms with Crippen LogP contribution >= 0.6 is 0 Å². The Morgan fingerprint density at radius 2 is 2.07 bits per heavy atom. The molecule has 0 spiro atoms. The second-order valence-electron chi connectivity index (χ2n) is 5.60. The summed E-state index contributed by atoms with van der Waals surface area (Å²) in [6, 6.07) is 0. The molecule has 1 heterocycles. The molecule has 2 rings (SSSR count). The summed E-state index contributed by atoms with van der Waals surface area (Å²) in [4.78, 5) is 2.60. The molecule has 2 heteroatoms. The van der Waals surface area contributed by atoms with Crippen molar-refractivity contribution in [1.82, 2.24) is 4.90 Å². The highest BCUT2D eigenvalue weighted by Crippen LogP contribution is 2.28. The second-order valence-corrected chi connectivity index (χ2v) is 5.60. The van der Waals surface area contributed by atoms with Crippen molar-refractivity contribution < 1.29 is 5.11 Å². The SMILES string of the molecule is CC1CCCN(CCC2CCCC2O)C1. The van der Waals surface area contributed by atoms with Gasteiger partial charge in [0.2, 0.25) is 0 Å². The first-order valence-electron chi connectivity index (χ1n) is 6.66. The highest BCUT2D eigenvalue weighted by atomic mass is 16.3. The average Bonchev–Trinajstić information content (AvgIpc) is 2.61. The molecule has 1 aliphatic heterocycles. The molecule has 0 amide bonds. The van der Waals surface area contributed by atoms with Crippen LogP contribution in [0.2, 0.25) is 0 Å². The molecule has 2 fully saturated rings. The fourth-order valence-corrected chi connectivity index (χ4v) is 3.19. The Kier molecular flexibility index (Phi) is 4.04. The lowest BCUT2D eigenvalue weighted by Gasteiger charge is -2.31. The van der Waals surface area contributed by atoms with Gasteiger partial charge in [0.25, 0.3) is 0 Å². The molecule has 3 atom stereocenters. The van der Waals surface area contributed by atoms with Crippen molar-refractivity contribution >= 4 is 0 Å². The molecule has 1 aliphatic carbocycles. The lowest BCUT2D eigenvalue weighted by molar-refractivity contribution is 0.109. The predicted octanol–water partition coefficient (Wildman–Crippen LogP) is 2.27. The summed E-state index contributed by atoms with van der Waals surface area (Å²) in [5, 5.41) is 9.75. The van der Waals surface area contributed by atoms with Crippen LogP contribution in [0.25, 0.3) is 0 Å². The molecule has 1 saturated heterocycles. The van der Waals surface area contributed by atoms with Crippen molar-refractivity contribution in [1.29, 1.82) is 0 Å². The van der Waals surface area contributed by atoms with E-state index in [1.807, 2.05) is 0 Å². The number of aliphatic hydroxyl groups excluding tert-OH is 1. The molecule has 0 bridgehead atoms. The largest absolute Gasteiger partial charge is 0.393 e. The van der Waals surface area contributed by atoms with Gasteiger partial charge in [-0.1, -0.05) is 13.3 Å². The van der Waals surface area contributed by atoms with E-state index in [2.05, 4.69) is 11.8 Å². The maximum Gasteiger partial charge on any atom is 0.0568 e. The third kappa shape index (κ3) is 3.18. The van der Waals surface area contributed by atoms with Crippen LogP contribution < -0.4 is 0 Å². The molecule has 3 unspecified atom stereocenters. The number of nitrogens with zero attached hydrogens (tertiary/aromatic N) is 1. The van der Waals surface area contributed by atoms with E-state index in [-0.39, 0.29) is 6.10 Å². The minimum absolute atomic E-state index is 0.00668. The maximum absolute atomic E-state index is 9.75. The lowest BCUT2D eigenvalue weighted by Crippen LogP contribution is -2.36. The number of hydrogen-bond acceptors (Lipinski definition) is 2. The summed E-state index contributed by atoms with van der Waals surface area (Å²) >= 11 is 0. The van der Waals surface area contributed by atoms with Crippen molar-refractivity contribution in [3.8, 4) is 0 Å². The van der Waals surface area contributed by atoms with Gasteiger partial charge in [0.05, 0.1) is 6.10 Å². The van der Waals surface area contributed by atoms with Gasteiger partial charge in [0.15, 0.2) is 0 Å². The van der Waals surface area contributed by atoms with Crippen LogP contribution in [0, 0.1) is 11.8 Å². The maximum atomic E-state index is 9.75. The molecule has 2 aliphatic rings. The summed E-state index contributed by atoms with van der Waals surface area (Å²) in [5.41, 5.74) is 0. The van der Waals surface area contributed by atoms with Gasteiger partial charge in [-0.3, -0.25) is 0 Å². The van der Waals surface area contributed by atoms with Crippen LogP contribution in [0.5, 0.6) is 0 Å². The van der Waals surface area contributed by atoms with E-state index in [0.717, 1.165) is 12.3 Å². The van der Waals surface area contributed by atoms with Crippen LogP contribution in [0.4, 0.5) is 0 Å². The van der Waals surface area contributed by atoms with Crippen molar-refractivity contribution in [3.05, 3.63) is 0 Å². The Labute approximate surface area is 93.7 Å². The van der Waals surface area contributed by atoms with E-state index in [4.69, 9.17) is 0 Å². The molecule has 0 aromatic rings. The molecule has 0 aromatic heterocycles. The van der Waals surface area contributed by atoms with Crippen LogP contribution in [-0.2, 0) is 0 Å². The zero-order valence-electron chi connectivity index (χ0n) is 9.99. The van der Waals surface area contributed by atoms with Gasteiger partial charge in [-0.25, -0.2) is 0 Å². The fraction of sp³-hybridized carbons (Fsp3) is 1.00. The smallest absolute Gasteiger partial charge is 0.0568 e. The summed E-state index contributed by atoms with van der Waals surface area (Å²) < 4.78 is 0. The first kappa shape index (κ1) is 11.4. The Morgan fingerprint density at radius 3 is 2.73 bits per heavy atom. The molecule has 0 radical (unpaired) electrons. The highest BCUT2D eigenvalue weighted by molar-refractivity contribution is 4.78. The van der Waals surface area contributed by atoms with E-state index in [9.17, 15) is 5.11 Å². The summed E-state index contributed by atoms with van der Waals surface area (Å²) in [6.07, 6.45) is 7.53. The minimum Gasteiger partial charge on any atom is -0.393 e. The third-order valence-corrected chi connectivity index (χ3v) is 4.18. The lowest BCUT2D eigenvalue weighted by atomic mass is 9.97. The topological polar surface area (TPSA) is 23.5 Å². The zero-order chi connectivity index (χ0) is 10.7. The van der Waals surface area contributed by atoms with Gasteiger partial charge >= 0.3 is 0 Å².